The molecule has 1 aromatic carbocycles. The van der Waals surface area contributed by atoms with Crippen molar-refractivity contribution in [2.75, 3.05) is 20.2 Å². The highest BCUT2D eigenvalue weighted by atomic mass is 16.6. The van der Waals surface area contributed by atoms with Gasteiger partial charge in [0.1, 0.15) is 5.60 Å². The molecule has 0 bridgehead atoms. The standard InChI is InChI=1S/C44H66N2O4/c1-28(2)31-18-23-44(46-27-26-45-38(48)50-39(3,4)5)25-24-42(9)33(36(31)44)16-17-35-41(8)21-19-32(29-12-14-30(15-13-29)37(47)49-11)40(6,7)34(41)20-22-43(35,42)10/h12-15,19,31,33-36,46H,1,16-18,20-27H2,2-11H3,(H,45,48)/t31-,33+,34-,35+,36+,41-,42+,43+,44-/m0/s1. The summed E-state index contributed by atoms with van der Waals surface area (Å²) in [5.74, 6) is 2.77. The van der Waals surface area contributed by atoms with E-state index >= 15 is 0 Å². The minimum atomic E-state index is -0.494. The lowest BCUT2D eigenvalue weighted by Crippen LogP contribution is -2.68. The van der Waals surface area contributed by atoms with E-state index in [1.165, 1.54) is 75.2 Å². The van der Waals surface area contributed by atoms with Crippen LogP contribution in [0.2, 0.25) is 0 Å². The van der Waals surface area contributed by atoms with Crippen LogP contribution in [0.3, 0.4) is 0 Å². The summed E-state index contributed by atoms with van der Waals surface area (Å²) in [4.78, 5) is 24.5. The Balaban J connectivity index is 1.25. The fourth-order valence-electron chi connectivity index (χ4n) is 13.2. The first-order valence-corrected chi connectivity index (χ1v) is 19.6. The number of alkyl carbamates (subject to hydrolysis) is 1. The fraction of sp³-hybridized carbons (Fsp3) is 0.727. The zero-order chi connectivity index (χ0) is 36.5. The molecular formula is C44H66N2O4. The number of hydrogen-bond acceptors (Lipinski definition) is 5. The Morgan fingerprint density at radius 1 is 0.880 bits per heavy atom. The van der Waals surface area contributed by atoms with Crippen molar-refractivity contribution < 1.29 is 19.1 Å². The maximum absolute atomic E-state index is 12.4. The molecule has 276 valence electrons. The van der Waals surface area contributed by atoms with Crippen molar-refractivity contribution in [2.45, 2.75) is 131 Å². The van der Waals surface area contributed by atoms with Crippen LogP contribution in [0.4, 0.5) is 4.79 Å². The van der Waals surface area contributed by atoms with Gasteiger partial charge in [-0.15, -0.1) is 0 Å². The molecule has 6 rings (SSSR count). The number of carbonyl (C=O) groups excluding carboxylic acids is 2. The molecule has 0 aromatic heterocycles. The van der Waals surface area contributed by atoms with E-state index in [1.807, 2.05) is 32.9 Å². The van der Waals surface area contributed by atoms with Crippen LogP contribution in [0.15, 0.2) is 42.5 Å². The summed E-state index contributed by atoms with van der Waals surface area (Å²) in [6.07, 6.45) is 13.3. The molecule has 0 radical (unpaired) electrons. The van der Waals surface area contributed by atoms with Gasteiger partial charge in [0, 0.05) is 18.6 Å². The van der Waals surface area contributed by atoms with E-state index in [0.29, 0.717) is 41.7 Å². The summed E-state index contributed by atoms with van der Waals surface area (Å²) < 4.78 is 10.5. The number of nitrogens with one attached hydrogen (secondary N) is 2. The summed E-state index contributed by atoms with van der Waals surface area (Å²) >= 11 is 0. The second-order valence-electron chi connectivity index (χ2n) is 19.3. The van der Waals surface area contributed by atoms with Crippen LogP contribution in [-0.2, 0) is 9.47 Å². The summed E-state index contributed by atoms with van der Waals surface area (Å²) in [5, 5.41) is 7.08. The number of carbonyl (C=O) groups is 2. The number of ether oxygens (including phenoxy) is 2. The lowest BCUT2D eigenvalue weighted by atomic mass is 9.33. The van der Waals surface area contributed by atoms with E-state index in [0.717, 1.165) is 13.0 Å². The van der Waals surface area contributed by atoms with E-state index in [4.69, 9.17) is 9.47 Å². The van der Waals surface area contributed by atoms with Crippen molar-refractivity contribution in [2.24, 2.45) is 51.2 Å². The summed E-state index contributed by atoms with van der Waals surface area (Å²) in [7, 11) is 1.44. The van der Waals surface area contributed by atoms with Crippen molar-refractivity contribution in [3.63, 3.8) is 0 Å². The van der Waals surface area contributed by atoms with Gasteiger partial charge in [-0.2, -0.15) is 0 Å². The highest BCUT2D eigenvalue weighted by Crippen LogP contribution is 2.76. The number of allylic oxidation sites excluding steroid dienone is 3. The van der Waals surface area contributed by atoms with Gasteiger partial charge < -0.3 is 20.1 Å². The summed E-state index contributed by atoms with van der Waals surface area (Å²) in [5.41, 5.74) is 5.05. The second-order valence-corrected chi connectivity index (χ2v) is 19.3. The minimum absolute atomic E-state index is 0.0361. The van der Waals surface area contributed by atoms with Crippen molar-refractivity contribution in [1.82, 2.24) is 10.6 Å². The average Bonchev–Trinajstić information content (AvgIpc) is 3.42. The molecule has 4 fully saturated rings. The molecule has 0 saturated heterocycles. The van der Waals surface area contributed by atoms with Gasteiger partial charge in [0.05, 0.1) is 12.7 Å². The molecular weight excluding hydrogens is 620 g/mol. The van der Waals surface area contributed by atoms with Crippen LogP contribution in [-0.4, -0.2) is 43.4 Å². The molecule has 2 N–H and O–H groups in total. The first kappa shape index (κ1) is 37.2. The Labute approximate surface area is 303 Å². The van der Waals surface area contributed by atoms with Crippen LogP contribution in [0.1, 0.15) is 136 Å². The Bertz CT molecular complexity index is 1520. The molecule has 6 heteroatoms. The molecule has 5 aliphatic carbocycles. The molecule has 0 heterocycles. The molecule has 1 aromatic rings. The summed E-state index contributed by atoms with van der Waals surface area (Å²) in [6, 6.07) is 8.08. The SMILES string of the molecule is C=C(C)[C@@H]1CC[C@]2(NCCNC(=O)OC(C)(C)C)CC[C@]3(C)[C@H](CC[C@@H]4[C@@]5(C)CC=C(c6ccc(C(=O)OC)cc6)C(C)(C)[C@@H]5CC[C@]43C)[C@@H]12. The van der Waals surface area contributed by atoms with Crippen molar-refractivity contribution in [3.8, 4) is 0 Å². The van der Waals surface area contributed by atoms with E-state index in [9.17, 15) is 9.59 Å². The highest BCUT2D eigenvalue weighted by Gasteiger charge is 2.70. The Hall–Kier alpha value is -2.60. The maximum atomic E-state index is 12.4. The lowest BCUT2D eigenvalue weighted by molar-refractivity contribution is -0.219. The quantitative estimate of drug-likeness (QED) is 0.170. The van der Waals surface area contributed by atoms with Crippen LogP contribution in [0.5, 0.6) is 0 Å². The molecule has 6 nitrogen and oxygen atoms in total. The van der Waals surface area contributed by atoms with Crippen molar-refractivity contribution in [3.05, 3.63) is 53.6 Å². The molecule has 50 heavy (non-hydrogen) atoms. The second kappa shape index (κ2) is 12.8. The van der Waals surface area contributed by atoms with Crippen LogP contribution < -0.4 is 10.6 Å². The van der Waals surface area contributed by atoms with Crippen LogP contribution in [0.25, 0.3) is 5.57 Å². The number of benzene rings is 1. The third-order valence-electron chi connectivity index (χ3n) is 15.5. The number of amides is 1. The topological polar surface area (TPSA) is 76.7 Å². The molecule has 9 atom stereocenters. The molecule has 5 aliphatic rings. The lowest BCUT2D eigenvalue weighted by Gasteiger charge is -2.72. The van der Waals surface area contributed by atoms with Crippen molar-refractivity contribution in [1.29, 1.82) is 0 Å². The summed E-state index contributed by atoms with van der Waals surface area (Å²) in [6.45, 7) is 26.9. The largest absolute Gasteiger partial charge is 0.465 e. The van der Waals surface area contributed by atoms with Gasteiger partial charge in [-0.25, -0.2) is 9.59 Å². The average molecular weight is 687 g/mol. The van der Waals surface area contributed by atoms with Crippen molar-refractivity contribution >= 4 is 17.6 Å². The third kappa shape index (κ3) is 5.88. The van der Waals surface area contributed by atoms with Gasteiger partial charge in [-0.1, -0.05) is 65.0 Å². The van der Waals surface area contributed by atoms with E-state index in [1.54, 1.807) is 0 Å². The predicted molar refractivity (Wildman–Crippen MR) is 203 cm³/mol. The normalized spacial score (nSPS) is 38.8. The molecule has 0 aliphatic heterocycles. The van der Waals surface area contributed by atoms with Crippen LogP contribution in [0, 0.1) is 51.2 Å². The fourth-order valence-corrected chi connectivity index (χ4v) is 13.2. The first-order chi connectivity index (χ1) is 23.3. The third-order valence-corrected chi connectivity index (χ3v) is 15.5. The molecule has 4 saturated carbocycles. The highest BCUT2D eigenvalue weighted by molar-refractivity contribution is 5.90. The molecule has 0 unspecified atom stereocenters. The number of hydrogen-bond donors (Lipinski definition) is 2. The van der Waals surface area contributed by atoms with Gasteiger partial charge in [0.25, 0.3) is 0 Å². The number of rotatable bonds is 7. The minimum Gasteiger partial charge on any atom is -0.465 e. The number of esters is 1. The predicted octanol–water partition coefficient (Wildman–Crippen LogP) is 9.99. The maximum Gasteiger partial charge on any atom is 0.407 e. The molecule has 1 amide bonds. The van der Waals surface area contributed by atoms with Gasteiger partial charge in [0.15, 0.2) is 0 Å². The van der Waals surface area contributed by atoms with Gasteiger partial charge in [-0.05, 0) is 160 Å². The Kier molecular flexibility index (Phi) is 9.52. The van der Waals surface area contributed by atoms with Gasteiger partial charge in [0.2, 0.25) is 0 Å². The van der Waals surface area contributed by atoms with E-state index in [-0.39, 0.29) is 39.3 Å². The number of methoxy groups -OCH3 is 1. The van der Waals surface area contributed by atoms with Crippen LogP contribution >= 0.6 is 0 Å². The monoisotopic (exact) mass is 687 g/mol. The zero-order valence-electron chi connectivity index (χ0n) is 32.9. The van der Waals surface area contributed by atoms with Gasteiger partial charge >= 0.3 is 12.1 Å². The van der Waals surface area contributed by atoms with E-state index in [2.05, 4.69) is 77.0 Å². The smallest absolute Gasteiger partial charge is 0.407 e. The van der Waals surface area contributed by atoms with E-state index < -0.39 is 5.60 Å². The Morgan fingerprint density at radius 2 is 1.58 bits per heavy atom. The number of fused-ring (bicyclic) bond motifs is 7. The first-order valence-electron chi connectivity index (χ1n) is 19.6. The van der Waals surface area contributed by atoms with Gasteiger partial charge in [-0.3, -0.25) is 0 Å². The molecule has 0 spiro atoms. The Morgan fingerprint density at radius 3 is 2.22 bits per heavy atom. The zero-order valence-corrected chi connectivity index (χ0v) is 32.9.